The van der Waals surface area contributed by atoms with Gasteiger partial charge in [-0.3, -0.25) is 4.79 Å². The second kappa shape index (κ2) is 7.63. The molecule has 0 aliphatic carbocycles. The third kappa shape index (κ3) is 5.18. The first-order chi connectivity index (χ1) is 9.04. The maximum atomic E-state index is 11.6. The van der Waals surface area contributed by atoms with Crippen molar-refractivity contribution in [3.05, 3.63) is 23.8 Å². The number of hydrogen-bond donors (Lipinski definition) is 4. The van der Waals surface area contributed by atoms with Crippen LogP contribution in [0, 0.1) is 0 Å². The molecule has 5 N–H and O–H groups in total. The van der Waals surface area contributed by atoms with Crippen LogP contribution in [0.3, 0.4) is 0 Å². The van der Waals surface area contributed by atoms with Crippen molar-refractivity contribution in [3.63, 3.8) is 0 Å². The van der Waals surface area contributed by atoms with E-state index in [1.807, 2.05) is 13.0 Å². The first-order valence-corrected chi connectivity index (χ1v) is 6.64. The van der Waals surface area contributed by atoms with Gasteiger partial charge in [0.1, 0.15) is 0 Å². The average Bonchev–Trinajstić information content (AvgIpc) is 2.36. The maximum absolute atomic E-state index is 11.6. The molecule has 5 heteroatoms. The normalized spacial score (nSPS) is 11.9. The second-order valence-electron chi connectivity index (χ2n) is 4.58. The van der Waals surface area contributed by atoms with Crippen LogP contribution >= 0.6 is 0 Å². The highest BCUT2D eigenvalue weighted by Crippen LogP contribution is 2.20. The number of rotatable bonds is 7. The standard InChI is InChI=1S/C14H23N3O2/c1-3-16-14(19)11-6-7-13(12(15)9-11)17-8-4-5-10(2)18/h6-7,9-10,17-18H,3-5,8,15H2,1-2H3,(H,16,19). The molecule has 1 aromatic carbocycles. The number of hydrogen-bond acceptors (Lipinski definition) is 4. The van der Waals surface area contributed by atoms with E-state index < -0.39 is 0 Å². The Hall–Kier alpha value is -1.75. The molecule has 5 nitrogen and oxygen atoms in total. The molecule has 0 saturated carbocycles. The zero-order valence-corrected chi connectivity index (χ0v) is 11.6. The highest BCUT2D eigenvalue weighted by atomic mass is 16.3. The predicted octanol–water partition coefficient (Wildman–Crippen LogP) is 1.59. The summed E-state index contributed by atoms with van der Waals surface area (Å²) in [6.45, 7) is 4.99. The van der Waals surface area contributed by atoms with Crippen molar-refractivity contribution in [2.24, 2.45) is 0 Å². The van der Waals surface area contributed by atoms with Gasteiger partial charge in [0.25, 0.3) is 5.91 Å². The van der Waals surface area contributed by atoms with Gasteiger partial charge in [0.2, 0.25) is 0 Å². The molecule has 0 aromatic heterocycles. The molecule has 106 valence electrons. The molecule has 0 bridgehead atoms. The van der Waals surface area contributed by atoms with E-state index in [0.29, 0.717) is 17.8 Å². The van der Waals surface area contributed by atoms with Gasteiger partial charge in [0.15, 0.2) is 0 Å². The predicted molar refractivity (Wildman–Crippen MR) is 78.3 cm³/mol. The smallest absolute Gasteiger partial charge is 0.251 e. The number of anilines is 2. The molecule has 1 atom stereocenters. The minimum absolute atomic E-state index is 0.116. The quantitative estimate of drug-likeness (QED) is 0.445. The van der Waals surface area contributed by atoms with Gasteiger partial charge in [0.05, 0.1) is 17.5 Å². The minimum Gasteiger partial charge on any atom is -0.397 e. The van der Waals surface area contributed by atoms with Crippen LogP contribution in [0.1, 0.15) is 37.0 Å². The molecule has 0 aliphatic rings. The Morgan fingerprint density at radius 3 is 2.79 bits per heavy atom. The molecular formula is C14H23N3O2. The number of carbonyl (C=O) groups excluding carboxylic acids is 1. The van der Waals surface area contributed by atoms with Crippen LogP contribution in [0.5, 0.6) is 0 Å². The monoisotopic (exact) mass is 265 g/mol. The van der Waals surface area contributed by atoms with E-state index in [1.165, 1.54) is 0 Å². The first kappa shape index (κ1) is 15.3. The molecule has 0 spiro atoms. The Bertz CT molecular complexity index is 419. The Kier molecular flexibility index (Phi) is 6.15. The maximum Gasteiger partial charge on any atom is 0.251 e. The van der Waals surface area contributed by atoms with Crippen LogP contribution in [0.4, 0.5) is 11.4 Å². The number of carbonyl (C=O) groups is 1. The fourth-order valence-corrected chi connectivity index (χ4v) is 1.75. The largest absolute Gasteiger partial charge is 0.397 e. The van der Waals surface area contributed by atoms with E-state index in [2.05, 4.69) is 10.6 Å². The Morgan fingerprint density at radius 2 is 2.21 bits per heavy atom. The van der Waals surface area contributed by atoms with E-state index in [9.17, 15) is 4.79 Å². The zero-order chi connectivity index (χ0) is 14.3. The number of nitrogens with one attached hydrogen (secondary N) is 2. The number of amides is 1. The van der Waals surface area contributed by atoms with Gasteiger partial charge >= 0.3 is 0 Å². The summed E-state index contributed by atoms with van der Waals surface area (Å²) in [5, 5.41) is 15.1. The SMILES string of the molecule is CCNC(=O)c1ccc(NCCCC(C)O)c(N)c1. The number of aliphatic hydroxyl groups excluding tert-OH is 1. The number of benzene rings is 1. The van der Waals surface area contributed by atoms with Crippen molar-refractivity contribution in [3.8, 4) is 0 Å². The number of nitrogens with two attached hydrogens (primary N) is 1. The highest BCUT2D eigenvalue weighted by Gasteiger charge is 2.07. The molecular weight excluding hydrogens is 242 g/mol. The summed E-state index contributed by atoms with van der Waals surface area (Å²) in [6, 6.07) is 5.22. The molecule has 1 unspecified atom stereocenters. The van der Waals surface area contributed by atoms with Gasteiger partial charge in [0, 0.05) is 18.7 Å². The van der Waals surface area contributed by atoms with Crippen LogP contribution in [0.25, 0.3) is 0 Å². The van der Waals surface area contributed by atoms with Gasteiger partial charge < -0.3 is 21.5 Å². The van der Waals surface area contributed by atoms with E-state index >= 15 is 0 Å². The minimum atomic E-state index is -0.278. The van der Waals surface area contributed by atoms with Crippen molar-refractivity contribution in [2.75, 3.05) is 24.1 Å². The summed E-state index contributed by atoms with van der Waals surface area (Å²) in [5.74, 6) is -0.116. The Morgan fingerprint density at radius 1 is 1.47 bits per heavy atom. The number of nitrogen functional groups attached to an aromatic ring is 1. The van der Waals surface area contributed by atoms with Crippen LogP contribution in [-0.2, 0) is 0 Å². The van der Waals surface area contributed by atoms with Crippen molar-refractivity contribution >= 4 is 17.3 Å². The third-order valence-electron chi connectivity index (χ3n) is 2.77. The summed E-state index contributed by atoms with van der Waals surface area (Å²) >= 11 is 0. The van der Waals surface area contributed by atoms with E-state index in [4.69, 9.17) is 10.8 Å². The molecule has 19 heavy (non-hydrogen) atoms. The molecule has 0 radical (unpaired) electrons. The zero-order valence-electron chi connectivity index (χ0n) is 11.6. The summed E-state index contributed by atoms with van der Waals surface area (Å²) in [5.41, 5.74) is 7.84. The Balaban J connectivity index is 2.55. The lowest BCUT2D eigenvalue weighted by atomic mass is 10.1. The van der Waals surface area contributed by atoms with Gasteiger partial charge in [-0.05, 0) is 44.9 Å². The van der Waals surface area contributed by atoms with Gasteiger partial charge in [-0.2, -0.15) is 0 Å². The summed E-state index contributed by atoms with van der Waals surface area (Å²) in [6.07, 6.45) is 1.35. The Labute approximate surface area is 114 Å². The van der Waals surface area contributed by atoms with E-state index in [0.717, 1.165) is 25.1 Å². The van der Waals surface area contributed by atoms with E-state index in [1.54, 1.807) is 19.1 Å². The fourth-order valence-electron chi connectivity index (χ4n) is 1.75. The molecule has 0 fully saturated rings. The lowest BCUT2D eigenvalue weighted by Crippen LogP contribution is -2.22. The molecule has 0 aliphatic heterocycles. The van der Waals surface area contributed by atoms with Crippen molar-refractivity contribution in [1.29, 1.82) is 0 Å². The van der Waals surface area contributed by atoms with E-state index in [-0.39, 0.29) is 12.0 Å². The lowest BCUT2D eigenvalue weighted by molar-refractivity contribution is 0.0956. The van der Waals surface area contributed by atoms with Gasteiger partial charge in [-0.1, -0.05) is 0 Å². The van der Waals surface area contributed by atoms with Crippen molar-refractivity contribution in [2.45, 2.75) is 32.8 Å². The average molecular weight is 265 g/mol. The summed E-state index contributed by atoms with van der Waals surface area (Å²) in [7, 11) is 0. The topological polar surface area (TPSA) is 87.4 Å². The van der Waals surface area contributed by atoms with Crippen LogP contribution in [0.15, 0.2) is 18.2 Å². The highest BCUT2D eigenvalue weighted by molar-refractivity contribution is 5.96. The van der Waals surface area contributed by atoms with Crippen LogP contribution < -0.4 is 16.4 Å². The van der Waals surface area contributed by atoms with Crippen LogP contribution in [0.2, 0.25) is 0 Å². The fraction of sp³-hybridized carbons (Fsp3) is 0.500. The molecule has 1 aromatic rings. The summed E-state index contributed by atoms with van der Waals surface area (Å²) in [4.78, 5) is 11.6. The third-order valence-corrected chi connectivity index (χ3v) is 2.77. The second-order valence-corrected chi connectivity index (χ2v) is 4.58. The molecule has 1 rings (SSSR count). The molecule has 1 amide bonds. The van der Waals surface area contributed by atoms with Crippen molar-refractivity contribution in [1.82, 2.24) is 5.32 Å². The summed E-state index contributed by atoms with van der Waals surface area (Å²) < 4.78 is 0. The number of aliphatic hydroxyl groups is 1. The van der Waals surface area contributed by atoms with Crippen LogP contribution in [-0.4, -0.2) is 30.2 Å². The lowest BCUT2D eigenvalue weighted by Gasteiger charge is -2.11. The molecule has 0 heterocycles. The van der Waals surface area contributed by atoms with Crippen molar-refractivity contribution < 1.29 is 9.90 Å². The first-order valence-electron chi connectivity index (χ1n) is 6.64. The molecule has 0 saturated heterocycles. The van der Waals surface area contributed by atoms with Gasteiger partial charge in [-0.25, -0.2) is 0 Å². The van der Waals surface area contributed by atoms with Gasteiger partial charge in [-0.15, -0.1) is 0 Å².